The zero-order valence-corrected chi connectivity index (χ0v) is 10.8. The maximum Gasteiger partial charge on any atom is 0.291 e. The average Bonchev–Trinajstić information content (AvgIpc) is 2.74. The lowest BCUT2D eigenvalue weighted by Crippen LogP contribution is -2.41. The van der Waals surface area contributed by atoms with Gasteiger partial charge in [-0.2, -0.15) is 4.98 Å². The number of nitrogens with zero attached hydrogens (tertiary/aromatic N) is 4. The van der Waals surface area contributed by atoms with E-state index in [1.54, 1.807) is 14.1 Å². The van der Waals surface area contributed by atoms with E-state index in [1.165, 1.54) is 9.80 Å². The van der Waals surface area contributed by atoms with Gasteiger partial charge >= 0.3 is 0 Å². The van der Waals surface area contributed by atoms with E-state index in [1.807, 2.05) is 6.92 Å². The maximum atomic E-state index is 12.1. The van der Waals surface area contributed by atoms with Crippen LogP contribution in [0.5, 0.6) is 0 Å². The van der Waals surface area contributed by atoms with Crippen molar-refractivity contribution in [1.82, 2.24) is 25.0 Å². The van der Waals surface area contributed by atoms with Crippen LogP contribution >= 0.6 is 0 Å². The number of hydrogen-bond acceptors (Lipinski definition) is 5. The number of nitrogens with two attached hydrogens (primary N) is 1. The Hall–Kier alpha value is -2.12. The van der Waals surface area contributed by atoms with Crippen molar-refractivity contribution in [2.24, 2.45) is 0 Å². The highest BCUT2D eigenvalue weighted by atomic mass is 16.2. The summed E-state index contributed by atoms with van der Waals surface area (Å²) < 4.78 is 0. The van der Waals surface area contributed by atoms with E-state index in [0.717, 1.165) is 6.42 Å². The minimum atomic E-state index is -0.378. The highest BCUT2D eigenvalue weighted by molar-refractivity contribution is 5.93. The van der Waals surface area contributed by atoms with E-state index in [-0.39, 0.29) is 30.1 Å². The molecule has 0 unspecified atom stereocenters. The summed E-state index contributed by atoms with van der Waals surface area (Å²) in [6.45, 7) is 2.41. The molecule has 0 atom stereocenters. The Bertz CT molecular complexity index is 428. The van der Waals surface area contributed by atoms with Gasteiger partial charge in [-0.05, 0) is 6.42 Å². The molecule has 1 aromatic rings. The zero-order chi connectivity index (χ0) is 13.7. The van der Waals surface area contributed by atoms with Crippen molar-refractivity contribution in [3.63, 3.8) is 0 Å². The number of rotatable bonds is 5. The van der Waals surface area contributed by atoms with Crippen LogP contribution < -0.4 is 5.73 Å². The highest BCUT2D eigenvalue weighted by Crippen LogP contribution is 2.02. The third kappa shape index (κ3) is 3.44. The molecule has 8 nitrogen and oxygen atoms in total. The molecule has 1 rings (SSSR count). The Morgan fingerprint density at radius 1 is 1.39 bits per heavy atom. The van der Waals surface area contributed by atoms with E-state index in [0.29, 0.717) is 6.54 Å². The smallest absolute Gasteiger partial charge is 0.291 e. The SMILES string of the molecule is CCCN(CC(=O)N(C)C)C(=O)c1nc(N)n[nH]1. The molecule has 2 amide bonds. The fraction of sp³-hybridized carbons (Fsp3) is 0.600. The van der Waals surface area contributed by atoms with Crippen LogP contribution in [0.15, 0.2) is 0 Å². The lowest BCUT2D eigenvalue weighted by Gasteiger charge is -2.22. The number of carbonyl (C=O) groups excluding carboxylic acids is 2. The van der Waals surface area contributed by atoms with Gasteiger partial charge in [0.15, 0.2) is 0 Å². The monoisotopic (exact) mass is 254 g/mol. The van der Waals surface area contributed by atoms with Crippen molar-refractivity contribution in [3.8, 4) is 0 Å². The summed E-state index contributed by atoms with van der Waals surface area (Å²) in [6, 6.07) is 0. The van der Waals surface area contributed by atoms with Crippen LogP contribution in [0.3, 0.4) is 0 Å². The number of aromatic amines is 1. The Labute approximate surface area is 105 Å². The number of carbonyl (C=O) groups is 2. The molecular weight excluding hydrogens is 236 g/mol. The number of amides is 2. The van der Waals surface area contributed by atoms with E-state index in [9.17, 15) is 9.59 Å². The molecule has 0 aliphatic heterocycles. The van der Waals surface area contributed by atoms with Crippen LogP contribution in [0, 0.1) is 0 Å². The largest absolute Gasteiger partial charge is 0.366 e. The van der Waals surface area contributed by atoms with Crippen molar-refractivity contribution in [2.75, 3.05) is 32.9 Å². The second-order valence-electron chi connectivity index (χ2n) is 4.06. The summed E-state index contributed by atoms with van der Waals surface area (Å²) in [7, 11) is 3.28. The zero-order valence-electron chi connectivity index (χ0n) is 10.8. The number of nitrogen functional groups attached to an aromatic ring is 1. The second-order valence-corrected chi connectivity index (χ2v) is 4.06. The number of likely N-dealkylation sites (N-methyl/N-ethyl adjacent to an activating group) is 1. The first-order chi connectivity index (χ1) is 8.45. The predicted molar refractivity (Wildman–Crippen MR) is 65.7 cm³/mol. The Morgan fingerprint density at radius 2 is 2.06 bits per heavy atom. The molecule has 0 aromatic carbocycles. The lowest BCUT2D eigenvalue weighted by atomic mass is 10.3. The molecule has 0 radical (unpaired) electrons. The number of anilines is 1. The molecule has 18 heavy (non-hydrogen) atoms. The van der Waals surface area contributed by atoms with Crippen molar-refractivity contribution in [3.05, 3.63) is 5.82 Å². The summed E-state index contributed by atoms with van der Waals surface area (Å²) in [6.07, 6.45) is 0.746. The number of hydrogen-bond donors (Lipinski definition) is 2. The van der Waals surface area contributed by atoms with Gasteiger partial charge in [-0.25, -0.2) is 0 Å². The van der Waals surface area contributed by atoms with E-state index < -0.39 is 0 Å². The normalized spacial score (nSPS) is 10.2. The van der Waals surface area contributed by atoms with Gasteiger partial charge in [0, 0.05) is 20.6 Å². The Balaban J connectivity index is 2.78. The fourth-order valence-corrected chi connectivity index (χ4v) is 1.35. The van der Waals surface area contributed by atoms with Crippen LogP contribution in [-0.4, -0.2) is 64.0 Å². The molecule has 0 aliphatic rings. The maximum absolute atomic E-state index is 12.1. The van der Waals surface area contributed by atoms with E-state index >= 15 is 0 Å². The summed E-state index contributed by atoms with van der Waals surface area (Å²) in [4.78, 5) is 30.3. The predicted octanol–water partition coefficient (Wildman–Crippen LogP) is -0.673. The molecule has 0 saturated heterocycles. The molecule has 0 bridgehead atoms. The minimum Gasteiger partial charge on any atom is -0.366 e. The van der Waals surface area contributed by atoms with Crippen molar-refractivity contribution >= 4 is 17.8 Å². The third-order valence-electron chi connectivity index (χ3n) is 2.31. The number of H-pyrrole nitrogens is 1. The van der Waals surface area contributed by atoms with Gasteiger partial charge in [0.25, 0.3) is 5.91 Å². The van der Waals surface area contributed by atoms with Gasteiger partial charge in [-0.1, -0.05) is 6.92 Å². The summed E-state index contributed by atoms with van der Waals surface area (Å²) >= 11 is 0. The highest BCUT2D eigenvalue weighted by Gasteiger charge is 2.21. The Kier molecular flexibility index (Phi) is 4.64. The van der Waals surface area contributed by atoms with Crippen LogP contribution in [0.25, 0.3) is 0 Å². The van der Waals surface area contributed by atoms with Crippen LogP contribution in [-0.2, 0) is 4.79 Å². The van der Waals surface area contributed by atoms with E-state index in [2.05, 4.69) is 15.2 Å². The standard InChI is InChI=1S/C10H18N6O2/c1-4-5-16(6-7(17)15(2)3)9(18)8-12-10(11)14-13-8/h4-6H2,1-3H3,(H3,11,12,13,14). The number of nitrogens with one attached hydrogen (secondary N) is 1. The van der Waals surface area contributed by atoms with Crippen LogP contribution in [0.1, 0.15) is 24.0 Å². The summed E-state index contributed by atoms with van der Waals surface area (Å²) in [5.74, 6) is -0.471. The summed E-state index contributed by atoms with van der Waals surface area (Å²) in [5.41, 5.74) is 5.34. The molecule has 8 heteroatoms. The second kappa shape index (κ2) is 5.99. The first-order valence-electron chi connectivity index (χ1n) is 5.63. The molecule has 1 heterocycles. The van der Waals surface area contributed by atoms with Crippen molar-refractivity contribution in [1.29, 1.82) is 0 Å². The molecule has 0 fully saturated rings. The van der Waals surface area contributed by atoms with Gasteiger partial charge in [-0.15, -0.1) is 5.10 Å². The lowest BCUT2D eigenvalue weighted by molar-refractivity contribution is -0.129. The molecule has 3 N–H and O–H groups in total. The minimum absolute atomic E-state index is 0.00809. The van der Waals surface area contributed by atoms with Crippen molar-refractivity contribution in [2.45, 2.75) is 13.3 Å². The first kappa shape index (κ1) is 13.9. The van der Waals surface area contributed by atoms with Crippen LogP contribution in [0.2, 0.25) is 0 Å². The van der Waals surface area contributed by atoms with Gasteiger partial charge < -0.3 is 15.5 Å². The molecule has 0 aliphatic carbocycles. The Morgan fingerprint density at radius 3 is 2.50 bits per heavy atom. The third-order valence-corrected chi connectivity index (χ3v) is 2.31. The van der Waals surface area contributed by atoms with Gasteiger partial charge in [0.1, 0.15) is 6.54 Å². The van der Waals surface area contributed by atoms with Gasteiger partial charge in [-0.3, -0.25) is 14.7 Å². The van der Waals surface area contributed by atoms with E-state index in [4.69, 9.17) is 5.73 Å². The van der Waals surface area contributed by atoms with Gasteiger partial charge in [0.2, 0.25) is 17.7 Å². The first-order valence-corrected chi connectivity index (χ1v) is 5.63. The van der Waals surface area contributed by atoms with Crippen LogP contribution in [0.4, 0.5) is 5.95 Å². The van der Waals surface area contributed by atoms with Gasteiger partial charge in [0.05, 0.1) is 0 Å². The molecule has 0 saturated carbocycles. The average molecular weight is 254 g/mol. The van der Waals surface area contributed by atoms with Crippen molar-refractivity contribution < 1.29 is 9.59 Å². The fourth-order valence-electron chi connectivity index (χ4n) is 1.35. The molecule has 100 valence electrons. The summed E-state index contributed by atoms with van der Waals surface area (Å²) in [5, 5.41) is 6.04. The topological polar surface area (TPSA) is 108 Å². The number of aromatic nitrogens is 3. The quantitative estimate of drug-likeness (QED) is 0.724. The molecule has 1 aromatic heterocycles. The molecule has 0 spiro atoms. The molecular formula is C10H18N6O2.